The number of nitrogens with zero attached hydrogens (tertiary/aromatic N) is 3. The first-order valence-electron chi connectivity index (χ1n) is 6.92. The number of aryl methyl sites for hydroxylation is 1. The molecule has 1 aliphatic heterocycles. The predicted octanol–water partition coefficient (Wildman–Crippen LogP) is 3.60. The minimum Gasteiger partial charge on any atom is -0.377 e. The van der Waals surface area contributed by atoms with Gasteiger partial charge in [-0.2, -0.15) is 0 Å². The van der Waals surface area contributed by atoms with Crippen LogP contribution in [0.15, 0.2) is 42.3 Å². The molecule has 3 nitrogen and oxygen atoms in total. The van der Waals surface area contributed by atoms with Crippen molar-refractivity contribution in [2.45, 2.75) is 27.7 Å². The molecular weight excluding hydrogens is 246 g/mol. The van der Waals surface area contributed by atoms with Crippen LogP contribution in [0.25, 0.3) is 5.57 Å². The molecule has 0 fully saturated rings. The van der Waals surface area contributed by atoms with Crippen molar-refractivity contribution in [3.63, 3.8) is 0 Å². The summed E-state index contributed by atoms with van der Waals surface area (Å²) in [5, 5.41) is 0. The Morgan fingerprint density at radius 1 is 1.40 bits per heavy atom. The van der Waals surface area contributed by atoms with Crippen LogP contribution in [0, 0.1) is 12.3 Å². The van der Waals surface area contributed by atoms with Gasteiger partial charge in [0.2, 0.25) is 0 Å². The van der Waals surface area contributed by atoms with Gasteiger partial charge in [-0.05, 0) is 31.6 Å². The lowest BCUT2D eigenvalue weighted by Crippen LogP contribution is -2.21. The Kier molecular flexibility index (Phi) is 3.80. The number of aromatic nitrogens is 2. The minimum absolute atomic E-state index is 0.148. The summed E-state index contributed by atoms with van der Waals surface area (Å²) in [7, 11) is 2.14. The van der Waals surface area contributed by atoms with Crippen molar-refractivity contribution in [3.8, 4) is 0 Å². The van der Waals surface area contributed by atoms with Gasteiger partial charge in [-0.1, -0.05) is 26.5 Å². The van der Waals surface area contributed by atoms with Crippen LogP contribution < -0.4 is 0 Å². The maximum atomic E-state index is 4.49. The van der Waals surface area contributed by atoms with E-state index < -0.39 is 0 Å². The first kappa shape index (κ1) is 14.5. The Balaban J connectivity index is 2.49. The molecule has 0 saturated heterocycles. The van der Waals surface area contributed by atoms with Gasteiger partial charge < -0.3 is 4.90 Å². The third kappa shape index (κ3) is 2.67. The zero-order valence-electron chi connectivity index (χ0n) is 13.1. The van der Waals surface area contributed by atoms with Gasteiger partial charge in [-0.15, -0.1) is 0 Å². The van der Waals surface area contributed by atoms with Gasteiger partial charge in [0.1, 0.15) is 5.82 Å². The molecule has 106 valence electrons. The molecule has 1 aromatic rings. The second kappa shape index (κ2) is 5.23. The molecule has 3 heteroatoms. The molecule has 0 unspecified atom stereocenters. The quantitative estimate of drug-likeness (QED) is 0.785. The lowest BCUT2D eigenvalue weighted by atomic mass is 9.84. The molecule has 1 aliphatic rings. The van der Waals surface area contributed by atoms with Crippen molar-refractivity contribution in [2.75, 3.05) is 13.6 Å². The highest BCUT2D eigenvalue weighted by molar-refractivity contribution is 5.74. The zero-order chi connectivity index (χ0) is 14.9. The van der Waals surface area contributed by atoms with Crippen LogP contribution >= 0.6 is 0 Å². The third-order valence-electron chi connectivity index (χ3n) is 3.92. The lowest BCUT2D eigenvalue weighted by molar-refractivity contribution is 0.345. The van der Waals surface area contributed by atoms with Crippen molar-refractivity contribution in [2.24, 2.45) is 5.41 Å². The molecule has 1 aromatic heterocycles. The highest BCUT2D eigenvalue weighted by atomic mass is 15.1. The van der Waals surface area contributed by atoms with E-state index in [0.29, 0.717) is 0 Å². The molecule has 0 aliphatic carbocycles. The molecule has 0 aromatic carbocycles. The van der Waals surface area contributed by atoms with Crippen molar-refractivity contribution < 1.29 is 0 Å². The third-order valence-corrected chi connectivity index (χ3v) is 3.92. The molecule has 0 atom stereocenters. The summed E-state index contributed by atoms with van der Waals surface area (Å²) in [6.07, 6.45) is 5.88. The first-order valence-corrected chi connectivity index (χ1v) is 6.92. The van der Waals surface area contributed by atoms with E-state index in [2.05, 4.69) is 55.3 Å². The number of allylic oxidation sites excluding steroid dienone is 4. The second-order valence-corrected chi connectivity index (χ2v) is 6.03. The van der Waals surface area contributed by atoms with Crippen molar-refractivity contribution in [1.82, 2.24) is 14.9 Å². The Bertz CT molecular complexity index is 594. The van der Waals surface area contributed by atoms with Crippen molar-refractivity contribution >= 4 is 5.57 Å². The van der Waals surface area contributed by atoms with E-state index in [1.807, 2.05) is 19.1 Å². The molecule has 2 heterocycles. The number of hydrogen-bond donors (Lipinski definition) is 0. The Morgan fingerprint density at radius 3 is 2.60 bits per heavy atom. The SMILES string of the molecule is C=C/C(=C\C1=C(C)N(C)CC1(C)C)c1ccnc(C)n1. The van der Waals surface area contributed by atoms with Crippen LogP contribution in [-0.4, -0.2) is 28.5 Å². The van der Waals surface area contributed by atoms with E-state index in [9.17, 15) is 0 Å². The summed E-state index contributed by atoms with van der Waals surface area (Å²) in [4.78, 5) is 10.9. The van der Waals surface area contributed by atoms with Crippen LogP contribution in [0.1, 0.15) is 32.3 Å². The van der Waals surface area contributed by atoms with E-state index in [4.69, 9.17) is 0 Å². The highest BCUT2D eigenvalue weighted by Crippen LogP contribution is 2.39. The molecule has 0 saturated carbocycles. The van der Waals surface area contributed by atoms with Gasteiger partial charge in [0.25, 0.3) is 0 Å². The van der Waals surface area contributed by atoms with Gasteiger partial charge in [-0.3, -0.25) is 0 Å². The Labute approximate surface area is 121 Å². The summed E-state index contributed by atoms with van der Waals surface area (Å²) >= 11 is 0. The van der Waals surface area contributed by atoms with Crippen LogP contribution in [-0.2, 0) is 0 Å². The predicted molar refractivity (Wildman–Crippen MR) is 84.1 cm³/mol. The molecule has 0 bridgehead atoms. The molecule has 0 N–H and O–H groups in total. The number of rotatable bonds is 3. The molecule has 20 heavy (non-hydrogen) atoms. The van der Waals surface area contributed by atoms with Crippen molar-refractivity contribution in [1.29, 1.82) is 0 Å². The van der Waals surface area contributed by atoms with Crippen LogP contribution in [0.5, 0.6) is 0 Å². The minimum atomic E-state index is 0.148. The Hall–Kier alpha value is -1.90. The molecule has 0 amide bonds. The van der Waals surface area contributed by atoms with Crippen molar-refractivity contribution in [3.05, 3.63) is 53.8 Å². The van der Waals surface area contributed by atoms with Crippen LogP contribution in [0.3, 0.4) is 0 Å². The van der Waals surface area contributed by atoms with Crippen LogP contribution in [0.2, 0.25) is 0 Å². The largest absolute Gasteiger partial charge is 0.377 e. The summed E-state index contributed by atoms with van der Waals surface area (Å²) in [5.41, 5.74) is 4.80. The average molecular weight is 269 g/mol. The average Bonchev–Trinajstić information content (AvgIpc) is 2.56. The summed E-state index contributed by atoms with van der Waals surface area (Å²) in [6.45, 7) is 13.6. The van der Waals surface area contributed by atoms with E-state index in [0.717, 1.165) is 23.6 Å². The summed E-state index contributed by atoms with van der Waals surface area (Å²) in [6, 6.07) is 1.93. The molecule has 2 rings (SSSR count). The second-order valence-electron chi connectivity index (χ2n) is 6.03. The van der Waals surface area contributed by atoms with E-state index in [1.54, 1.807) is 6.20 Å². The molecular formula is C17H23N3. The fourth-order valence-corrected chi connectivity index (χ4v) is 2.80. The monoisotopic (exact) mass is 269 g/mol. The van der Waals surface area contributed by atoms with Gasteiger partial charge in [-0.25, -0.2) is 9.97 Å². The highest BCUT2D eigenvalue weighted by Gasteiger charge is 2.32. The first-order chi connectivity index (χ1) is 9.35. The standard InChI is InChI=1S/C17H23N3/c1-7-14(16-8-9-18-13(3)19-16)10-15-12(2)20(6)11-17(15,4)5/h7-10H,1,11H2,2-6H3/b14-10+. The van der Waals surface area contributed by atoms with Gasteiger partial charge in [0, 0.05) is 36.5 Å². The maximum absolute atomic E-state index is 4.49. The fraction of sp³-hybridized carbons (Fsp3) is 0.412. The summed E-state index contributed by atoms with van der Waals surface area (Å²) < 4.78 is 0. The van der Waals surface area contributed by atoms with Gasteiger partial charge >= 0.3 is 0 Å². The molecule has 0 radical (unpaired) electrons. The summed E-state index contributed by atoms with van der Waals surface area (Å²) in [5.74, 6) is 0.781. The lowest BCUT2D eigenvalue weighted by Gasteiger charge is -2.21. The zero-order valence-corrected chi connectivity index (χ0v) is 13.1. The molecule has 0 spiro atoms. The van der Waals surface area contributed by atoms with E-state index in [1.165, 1.54) is 11.3 Å². The van der Waals surface area contributed by atoms with Gasteiger partial charge in [0.15, 0.2) is 0 Å². The van der Waals surface area contributed by atoms with E-state index in [-0.39, 0.29) is 5.41 Å². The maximum Gasteiger partial charge on any atom is 0.125 e. The van der Waals surface area contributed by atoms with E-state index >= 15 is 0 Å². The normalized spacial score (nSPS) is 18.6. The van der Waals surface area contributed by atoms with Gasteiger partial charge in [0.05, 0.1) is 5.69 Å². The smallest absolute Gasteiger partial charge is 0.125 e. The van der Waals surface area contributed by atoms with Crippen LogP contribution in [0.4, 0.5) is 0 Å². The topological polar surface area (TPSA) is 29.0 Å². The Morgan fingerprint density at radius 2 is 2.10 bits per heavy atom. The number of hydrogen-bond acceptors (Lipinski definition) is 3. The fourth-order valence-electron chi connectivity index (χ4n) is 2.80.